The molecule has 4 rings (SSSR count). The summed E-state index contributed by atoms with van der Waals surface area (Å²) < 4.78 is 8.13. The molecular formula is C23H21N5O4. The molecule has 9 nitrogen and oxygen atoms in total. The average molecular weight is 431 g/mol. The van der Waals surface area contributed by atoms with Crippen molar-refractivity contribution in [2.45, 2.75) is 20.0 Å². The highest BCUT2D eigenvalue weighted by atomic mass is 16.5. The topological polar surface area (TPSA) is 111 Å². The van der Waals surface area contributed by atoms with Gasteiger partial charge in [-0.15, -0.1) is 0 Å². The Balaban J connectivity index is 1.63. The van der Waals surface area contributed by atoms with E-state index in [1.807, 2.05) is 6.07 Å². The molecule has 2 N–H and O–H groups in total. The lowest BCUT2D eigenvalue weighted by Crippen LogP contribution is -2.42. The predicted molar refractivity (Wildman–Crippen MR) is 120 cm³/mol. The van der Waals surface area contributed by atoms with Crippen LogP contribution in [0.2, 0.25) is 0 Å². The fraction of sp³-hybridized carbons (Fsp3) is 0.130. The fourth-order valence-corrected chi connectivity index (χ4v) is 3.09. The summed E-state index contributed by atoms with van der Waals surface area (Å²) in [6.45, 7) is 2.10. The van der Waals surface area contributed by atoms with Gasteiger partial charge in [0.15, 0.2) is 0 Å². The Kier molecular flexibility index (Phi) is 5.98. The van der Waals surface area contributed by atoms with Crippen molar-refractivity contribution >= 4 is 11.6 Å². The number of phenolic OH excluding ortho intramolecular Hbond substituents is 1. The Morgan fingerprint density at radius 2 is 1.72 bits per heavy atom. The summed E-state index contributed by atoms with van der Waals surface area (Å²) in [5, 5.41) is 12.6. The van der Waals surface area contributed by atoms with Crippen molar-refractivity contribution in [3.05, 3.63) is 99.5 Å². The highest BCUT2D eigenvalue weighted by Crippen LogP contribution is 2.22. The molecule has 0 saturated heterocycles. The summed E-state index contributed by atoms with van der Waals surface area (Å²) >= 11 is 0. The van der Waals surface area contributed by atoms with Gasteiger partial charge in [0.25, 0.3) is 0 Å². The van der Waals surface area contributed by atoms with Crippen molar-refractivity contribution in [1.82, 2.24) is 19.1 Å². The lowest BCUT2D eigenvalue weighted by Gasteiger charge is -2.15. The maximum atomic E-state index is 12.9. The van der Waals surface area contributed by atoms with Crippen LogP contribution < -0.4 is 21.4 Å². The van der Waals surface area contributed by atoms with E-state index in [0.29, 0.717) is 17.3 Å². The monoisotopic (exact) mass is 431 g/mol. The lowest BCUT2D eigenvalue weighted by molar-refractivity contribution is 0.463. The van der Waals surface area contributed by atoms with E-state index >= 15 is 0 Å². The first-order chi connectivity index (χ1) is 15.5. The molecular weight excluding hydrogens is 410 g/mol. The molecule has 0 aliphatic carbocycles. The van der Waals surface area contributed by atoms with E-state index in [-0.39, 0.29) is 24.8 Å². The highest BCUT2D eigenvalue weighted by Gasteiger charge is 2.13. The minimum Gasteiger partial charge on any atom is -0.508 e. The molecule has 2 aromatic heterocycles. The molecule has 9 heteroatoms. The van der Waals surface area contributed by atoms with Gasteiger partial charge in [-0.25, -0.2) is 19.1 Å². The first kappa shape index (κ1) is 20.9. The van der Waals surface area contributed by atoms with Crippen LogP contribution in [0.1, 0.15) is 12.5 Å². The highest BCUT2D eigenvalue weighted by molar-refractivity contribution is 5.55. The lowest BCUT2D eigenvalue weighted by atomic mass is 10.2. The number of aromatic hydroxyl groups is 1. The SMILES string of the molecule is CCn1c(=O)nc(Nc2ccc(Oc3ccccn3)cc2)n(Cc2ccc(O)cc2)c1=O. The molecule has 0 bridgehead atoms. The number of pyridine rings is 1. The molecule has 162 valence electrons. The predicted octanol–water partition coefficient (Wildman–Crippen LogP) is 3.11. The first-order valence-electron chi connectivity index (χ1n) is 9.99. The molecule has 0 aliphatic rings. The normalized spacial score (nSPS) is 10.7. The quantitative estimate of drug-likeness (QED) is 0.462. The average Bonchev–Trinajstić information content (AvgIpc) is 2.80. The van der Waals surface area contributed by atoms with E-state index in [0.717, 1.165) is 10.1 Å². The van der Waals surface area contributed by atoms with Gasteiger partial charge in [0.05, 0.1) is 6.54 Å². The standard InChI is InChI=1S/C23H21N5O4/c1-2-27-22(30)26-21(28(23(27)31)15-16-6-10-18(29)11-7-16)25-17-8-12-19(13-9-17)32-20-5-3-4-14-24-20/h3-14,29H,2,15H2,1H3,(H,25,26,30). The van der Waals surface area contributed by atoms with Crippen molar-refractivity contribution in [2.75, 3.05) is 5.32 Å². The third kappa shape index (κ3) is 4.67. The summed E-state index contributed by atoms with van der Waals surface area (Å²) in [5.74, 6) is 1.31. The van der Waals surface area contributed by atoms with Gasteiger partial charge in [-0.1, -0.05) is 18.2 Å². The number of hydrogen-bond acceptors (Lipinski definition) is 7. The van der Waals surface area contributed by atoms with E-state index in [4.69, 9.17) is 4.74 Å². The van der Waals surface area contributed by atoms with Gasteiger partial charge >= 0.3 is 11.4 Å². The second-order valence-electron chi connectivity index (χ2n) is 6.92. The number of aromatic nitrogens is 4. The van der Waals surface area contributed by atoms with Gasteiger partial charge < -0.3 is 15.2 Å². The fourth-order valence-electron chi connectivity index (χ4n) is 3.09. The maximum Gasteiger partial charge on any atom is 0.354 e. The number of phenols is 1. The molecule has 4 aromatic rings. The molecule has 0 atom stereocenters. The number of hydrogen-bond donors (Lipinski definition) is 2. The van der Waals surface area contributed by atoms with Crippen LogP contribution in [-0.4, -0.2) is 24.2 Å². The number of anilines is 2. The van der Waals surface area contributed by atoms with E-state index in [9.17, 15) is 14.7 Å². The number of nitrogens with zero attached hydrogens (tertiary/aromatic N) is 4. The van der Waals surface area contributed by atoms with Gasteiger partial charge in [0, 0.05) is 24.5 Å². The summed E-state index contributed by atoms with van der Waals surface area (Å²) in [5.41, 5.74) is 0.295. The molecule has 0 unspecified atom stereocenters. The van der Waals surface area contributed by atoms with Crippen LogP contribution in [0.4, 0.5) is 11.6 Å². The molecule has 2 heterocycles. The smallest absolute Gasteiger partial charge is 0.354 e. The number of rotatable bonds is 7. The number of ether oxygens (including phenoxy) is 1. The second-order valence-corrected chi connectivity index (χ2v) is 6.92. The van der Waals surface area contributed by atoms with Crippen LogP contribution in [0.15, 0.2) is 82.5 Å². The minimum absolute atomic E-state index is 0.121. The zero-order chi connectivity index (χ0) is 22.5. The Labute approximate surface area is 183 Å². The molecule has 32 heavy (non-hydrogen) atoms. The number of benzene rings is 2. The third-order valence-corrected chi connectivity index (χ3v) is 4.71. The van der Waals surface area contributed by atoms with Crippen LogP contribution in [0.25, 0.3) is 0 Å². The Hall–Kier alpha value is -4.40. The van der Waals surface area contributed by atoms with Crippen LogP contribution in [0.5, 0.6) is 17.4 Å². The largest absolute Gasteiger partial charge is 0.508 e. The zero-order valence-corrected chi connectivity index (χ0v) is 17.3. The van der Waals surface area contributed by atoms with Crippen LogP contribution >= 0.6 is 0 Å². The van der Waals surface area contributed by atoms with E-state index < -0.39 is 11.4 Å². The van der Waals surface area contributed by atoms with Gasteiger partial charge in [0.2, 0.25) is 11.8 Å². The molecule has 0 saturated carbocycles. The summed E-state index contributed by atoms with van der Waals surface area (Å²) in [7, 11) is 0. The molecule has 2 aromatic carbocycles. The minimum atomic E-state index is -0.628. The molecule has 0 aliphatic heterocycles. The van der Waals surface area contributed by atoms with Crippen LogP contribution in [-0.2, 0) is 13.1 Å². The zero-order valence-electron chi connectivity index (χ0n) is 17.3. The Morgan fingerprint density at radius 3 is 2.38 bits per heavy atom. The first-order valence-corrected chi connectivity index (χ1v) is 9.99. The third-order valence-electron chi connectivity index (χ3n) is 4.71. The molecule has 0 spiro atoms. The van der Waals surface area contributed by atoms with Crippen molar-refractivity contribution < 1.29 is 9.84 Å². The van der Waals surface area contributed by atoms with Crippen LogP contribution in [0, 0.1) is 0 Å². The molecule has 0 fully saturated rings. The summed E-state index contributed by atoms with van der Waals surface area (Å²) in [6.07, 6.45) is 1.64. The van der Waals surface area contributed by atoms with Gasteiger partial charge in [-0.3, -0.25) is 4.57 Å². The van der Waals surface area contributed by atoms with Gasteiger partial charge in [0.1, 0.15) is 11.5 Å². The van der Waals surface area contributed by atoms with Crippen molar-refractivity contribution in [2.24, 2.45) is 0 Å². The summed E-state index contributed by atoms with van der Waals surface area (Å²) in [6, 6.07) is 18.9. The summed E-state index contributed by atoms with van der Waals surface area (Å²) in [4.78, 5) is 33.4. The van der Waals surface area contributed by atoms with Crippen molar-refractivity contribution in [3.63, 3.8) is 0 Å². The van der Waals surface area contributed by atoms with Crippen molar-refractivity contribution in [1.29, 1.82) is 0 Å². The van der Waals surface area contributed by atoms with Gasteiger partial charge in [-0.05, 0) is 55.0 Å². The Bertz CT molecular complexity index is 1310. The van der Waals surface area contributed by atoms with E-state index in [1.54, 1.807) is 61.7 Å². The van der Waals surface area contributed by atoms with Crippen molar-refractivity contribution in [3.8, 4) is 17.4 Å². The van der Waals surface area contributed by atoms with Gasteiger partial charge in [-0.2, -0.15) is 4.98 Å². The molecule has 0 radical (unpaired) electrons. The number of nitrogens with one attached hydrogen (secondary N) is 1. The van der Waals surface area contributed by atoms with Crippen LogP contribution in [0.3, 0.4) is 0 Å². The second kappa shape index (κ2) is 9.17. The Morgan fingerprint density at radius 1 is 0.969 bits per heavy atom. The van der Waals surface area contributed by atoms with E-state index in [1.165, 1.54) is 16.7 Å². The molecule has 0 amide bonds. The maximum absolute atomic E-state index is 12.9. The van der Waals surface area contributed by atoms with E-state index in [2.05, 4.69) is 15.3 Å².